The highest BCUT2D eigenvalue weighted by Gasteiger charge is 2.40. The molecule has 0 N–H and O–H groups in total. The lowest BCUT2D eigenvalue weighted by molar-refractivity contribution is -0.154. The molecule has 1 atom stereocenters. The quantitative estimate of drug-likeness (QED) is 0.492. The molecule has 23 heavy (non-hydrogen) atoms. The van der Waals surface area contributed by atoms with Gasteiger partial charge in [-0.3, -0.25) is 9.59 Å². The van der Waals surface area contributed by atoms with Crippen molar-refractivity contribution < 1.29 is 23.9 Å². The topological polar surface area (TPSA) is 69.7 Å². The van der Waals surface area contributed by atoms with E-state index in [0.29, 0.717) is 11.3 Å². The molecule has 5 nitrogen and oxygen atoms in total. The fraction of sp³-hybridized carbons (Fsp3) is 0.278. The molecule has 0 aliphatic heterocycles. The molecule has 118 valence electrons. The van der Waals surface area contributed by atoms with E-state index in [1.165, 1.54) is 0 Å². The first kappa shape index (κ1) is 15.2. The van der Waals surface area contributed by atoms with E-state index in [1.54, 1.807) is 20.1 Å². The Balaban J connectivity index is 2.04. The maximum absolute atomic E-state index is 12.7. The lowest BCUT2D eigenvalue weighted by atomic mass is 9.98. The number of ether oxygens (including phenoxy) is 2. The van der Waals surface area contributed by atoms with Crippen LogP contribution in [0, 0.1) is 5.92 Å². The first-order chi connectivity index (χ1) is 11.1. The number of esters is 1. The Morgan fingerprint density at radius 3 is 2.65 bits per heavy atom. The maximum atomic E-state index is 12.7. The summed E-state index contributed by atoms with van der Waals surface area (Å²) in [5, 5.41) is 1.63. The number of carbonyl (C=O) groups is 3. The minimum atomic E-state index is -0.985. The molecule has 1 aliphatic rings. The molecule has 0 aromatic heterocycles. The van der Waals surface area contributed by atoms with Crippen molar-refractivity contribution in [3.05, 3.63) is 41.5 Å². The van der Waals surface area contributed by atoms with Crippen LogP contribution >= 0.6 is 0 Å². The second-order valence-corrected chi connectivity index (χ2v) is 5.39. The summed E-state index contributed by atoms with van der Waals surface area (Å²) in [4.78, 5) is 36.5. The molecule has 2 aromatic rings. The van der Waals surface area contributed by atoms with E-state index in [9.17, 15) is 14.4 Å². The summed E-state index contributed by atoms with van der Waals surface area (Å²) in [6, 6.07) is 9.19. The van der Waals surface area contributed by atoms with Gasteiger partial charge in [-0.05, 0) is 41.8 Å². The largest absolute Gasteiger partial charge is 0.497 e. The third kappa shape index (κ3) is 2.48. The van der Waals surface area contributed by atoms with E-state index in [-0.39, 0.29) is 18.8 Å². The van der Waals surface area contributed by atoms with Crippen LogP contribution in [0.3, 0.4) is 0 Å². The van der Waals surface area contributed by atoms with Gasteiger partial charge in [-0.15, -0.1) is 0 Å². The first-order valence-corrected chi connectivity index (χ1v) is 7.41. The van der Waals surface area contributed by atoms with Gasteiger partial charge >= 0.3 is 5.97 Å². The van der Waals surface area contributed by atoms with Crippen molar-refractivity contribution in [2.24, 2.45) is 5.92 Å². The van der Waals surface area contributed by atoms with E-state index >= 15 is 0 Å². The number of benzene rings is 2. The number of carbonyl (C=O) groups excluding carboxylic acids is 3. The van der Waals surface area contributed by atoms with Gasteiger partial charge in [0.2, 0.25) is 0 Å². The lowest BCUT2D eigenvalue weighted by Gasteiger charge is -2.07. The molecular formula is C18H16O5. The smallest absolute Gasteiger partial charge is 0.375 e. The van der Waals surface area contributed by atoms with Crippen LogP contribution in [-0.2, 0) is 20.7 Å². The number of hydrogen-bond donors (Lipinski definition) is 0. The Hall–Kier alpha value is -2.69. The molecule has 0 radical (unpaired) electrons. The third-order valence-corrected chi connectivity index (χ3v) is 4.10. The number of fused-ring (bicyclic) bond motifs is 3. The van der Waals surface area contributed by atoms with Crippen molar-refractivity contribution in [1.82, 2.24) is 0 Å². The van der Waals surface area contributed by atoms with Crippen molar-refractivity contribution in [1.29, 1.82) is 0 Å². The lowest BCUT2D eigenvalue weighted by Crippen LogP contribution is -2.29. The van der Waals surface area contributed by atoms with Crippen molar-refractivity contribution in [2.45, 2.75) is 13.3 Å². The van der Waals surface area contributed by atoms with Gasteiger partial charge in [0.25, 0.3) is 5.78 Å². The van der Waals surface area contributed by atoms with Crippen molar-refractivity contribution in [2.75, 3.05) is 13.7 Å². The summed E-state index contributed by atoms with van der Waals surface area (Å²) in [6.07, 6.45) is 0.235. The van der Waals surface area contributed by atoms with Crippen LogP contribution in [0.15, 0.2) is 30.3 Å². The Morgan fingerprint density at radius 2 is 1.96 bits per heavy atom. The normalized spacial score (nSPS) is 16.3. The number of rotatable bonds is 4. The van der Waals surface area contributed by atoms with Crippen LogP contribution in [-0.4, -0.2) is 31.3 Å². The van der Waals surface area contributed by atoms with Gasteiger partial charge in [-0.25, -0.2) is 4.79 Å². The second kappa shape index (κ2) is 5.83. The second-order valence-electron chi connectivity index (χ2n) is 5.39. The zero-order valence-corrected chi connectivity index (χ0v) is 12.9. The predicted octanol–water partition coefficient (Wildman–Crippen LogP) is 2.34. The van der Waals surface area contributed by atoms with E-state index in [1.807, 2.05) is 24.3 Å². The molecular weight excluding hydrogens is 296 g/mol. The number of methoxy groups -OCH3 is 1. The molecule has 0 amide bonds. The fourth-order valence-electron chi connectivity index (χ4n) is 2.98. The molecule has 0 fully saturated rings. The number of Topliss-reactive ketones (excluding diaryl/α,β-unsaturated/α-hetero) is 2. The SMILES string of the molecule is CCOC(=O)C(=O)C1Cc2ccc3ccc(OC)cc3c2C1=O. The van der Waals surface area contributed by atoms with E-state index in [4.69, 9.17) is 9.47 Å². The molecule has 1 unspecified atom stereocenters. The zero-order chi connectivity index (χ0) is 16.6. The highest BCUT2D eigenvalue weighted by molar-refractivity contribution is 6.41. The standard InChI is InChI=1S/C18H16O5/c1-3-23-18(21)17(20)14-8-11-5-4-10-6-7-12(22-2)9-13(10)15(11)16(14)19/h4-7,9,14H,3,8H2,1-2H3. The molecule has 2 aromatic carbocycles. The molecule has 5 heteroatoms. The third-order valence-electron chi connectivity index (χ3n) is 4.10. The van der Waals surface area contributed by atoms with Gasteiger partial charge in [-0.2, -0.15) is 0 Å². The van der Waals surface area contributed by atoms with E-state index in [0.717, 1.165) is 16.3 Å². The van der Waals surface area contributed by atoms with Crippen LogP contribution in [0.25, 0.3) is 10.8 Å². The summed E-state index contributed by atoms with van der Waals surface area (Å²) in [5.74, 6) is -2.39. The van der Waals surface area contributed by atoms with Crippen LogP contribution in [0.1, 0.15) is 22.8 Å². The van der Waals surface area contributed by atoms with Crippen LogP contribution in [0.5, 0.6) is 5.75 Å². The van der Waals surface area contributed by atoms with Gasteiger partial charge in [0, 0.05) is 5.56 Å². The maximum Gasteiger partial charge on any atom is 0.375 e. The van der Waals surface area contributed by atoms with Gasteiger partial charge in [0.1, 0.15) is 5.75 Å². The highest BCUT2D eigenvalue weighted by atomic mass is 16.5. The van der Waals surface area contributed by atoms with Crippen molar-refractivity contribution in [3.63, 3.8) is 0 Å². The van der Waals surface area contributed by atoms with Crippen molar-refractivity contribution >= 4 is 28.3 Å². The molecule has 0 bridgehead atoms. The molecule has 1 aliphatic carbocycles. The summed E-state index contributed by atoms with van der Waals surface area (Å²) < 4.78 is 9.94. The number of hydrogen-bond acceptors (Lipinski definition) is 5. The van der Waals surface area contributed by atoms with Crippen LogP contribution in [0.4, 0.5) is 0 Å². The Kier molecular flexibility index (Phi) is 3.86. The molecule has 3 rings (SSSR count). The Morgan fingerprint density at radius 1 is 1.22 bits per heavy atom. The highest BCUT2D eigenvalue weighted by Crippen LogP contribution is 2.35. The van der Waals surface area contributed by atoms with Gasteiger partial charge < -0.3 is 9.47 Å². The summed E-state index contributed by atoms with van der Waals surface area (Å²) in [5.41, 5.74) is 1.28. The summed E-state index contributed by atoms with van der Waals surface area (Å²) >= 11 is 0. The molecule has 0 saturated heterocycles. The van der Waals surface area contributed by atoms with Crippen molar-refractivity contribution in [3.8, 4) is 5.75 Å². The van der Waals surface area contributed by atoms with E-state index in [2.05, 4.69) is 0 Å². The Bertz CT molecular complexity index is 822. The van der Waals surface area contributed by atoms with E-state index < -0.39 is 17.7 Å². The average Bonchev–Trinajstić information content (AvgIpc) is 2.91. The molecule has 0 saturated carbocycles. The zero-order valence-electron chi connectivity index (χ0n) is 12.9. The molecule has 0 spiro atoms. The van der Waals surface area contributed by atoms with Gasteiger partial charge in [0.15, 0.2) is 5.78 Å². The van der Waals surface area contributed by atoms with Gasteiger partial charge in [0.05, 0.1) is 19.6 Å². The fourth-order valence-corrected chi connectivity index (χ4v) is 2.98. The van der Waals surface area contributed by atoms with Crippen LogP contribution < -0.4 is 4.74 Å². The monoisotopic (exact) mass is 312 g/mol. The first-order valence-electron chi connectivity index (χ1n) is 7.41. The predicted molar refractivity (Wildman–Crippen MR) is 83.7 cm³/mol. The average molecular weight is 312 g/mol. The minimum Gasteiger partial charge on any atom is -0.497 e. The number of ketones is 2. The molecule has 0 heterocycles. The summed E-state index contributed by atoms with van der Waals surface area (Å²) in [7, 11) is 1.55. The minimum absolute atomic E-state index is 0.110. The Labute approximate surface area is 133 Å². The van der Waals surface area contributed by atoms with Gasteiger partial charge in [-0.1, -0.05) is 18.2 Å². The summed E-state index contributed by atoms with van der Waals surface area (Å²) in [6.45, 7) is 1.73. The van der Waals surface area contributed by atoms with Crippen LogP contribution in [0.2, 0.25) is 0 Å².